The zero-order valence-corrected chi connectivity index (χ0v) is 15.6. The van der Waals surface area contributed by atoms with Gasteiger partial charge in [-0.15, -0.1) is 0 Å². The van der Waals surface area contributed by atoms with Crippen LogP contribution in [0.5, 0.6) is 0 Å². The molecule has 9 nitrogen and oxygen atoms in total. The Labute approximate surface area is 160 Å². The number of aliphatic imine (C=N–C) groups is 1. The highest BCUT2D eigenvalue weighted by Gasteiger charge is 2.32. The van der Waals surface area contributed by atoms with Gasteiger partial charge in [-0.05, 0) is 31.4 Å². The van der Waals surface area contributed by atoms with Crippen LogP contribution in [0.4, 0.5) is 11.4 Å². The summed E-state index contributed by atoms with van der Waals surface area (Å²) in [7, 11) is 0. The van der Waals surface area contributed by atoms with E-state index in [-0.39, 0.29) is 29.8 Å². The lowest BCUT2D eigenvalue weighted by Gasteiger charge is -2.08. The molecule has 0 bridgehead atoms. The minimum absolute atomic E-state index is 0.0828. The van der Waals surface area contributed by atoms with Gasteiger partial charge in [0.25, 0.3) is 5.69 Å². The van der Waals surface area contributed by atoms with E-state index in [1.54, 1.807) is 13.0 Å². The van der Waals surface area contributed by atoms with Gasteiger partial charge in [0.2, 0.25) is 11.8 Å². The minimum Gasteiger partial charge on any atom is -0.376 e. The molecule has 0 unspecified atom stereocenters. The van der Waals surface area contributed by atoms with E-state index in [0.29, 0.717) is 11.7 Å². The van der Waals surface area contributed by atoms with Crippen LogP contribution in [0.25, 0.3) is 0 Å². The molecule has 27 heavy (non-hydrogen) atoms. The van der Waals surface area contributed by atoms with Crippen LogP contribution in [0, 0.1) is 17.0 Å². The number of rotatable bonds is 6. The quantitative estimate of drug-likeness (QED) is 0.564. The first kappa shape index (κ1) is 19.3. The lowest BCUT2D eigenvalue weighted by Crippen LogP contribution is -2.28. The van der Waals surface area contributed by atoms with Crippen LogP contribution >= 0.6 is 11.8 Å². The average Bonchev–Trinajstić information content (AvgIpc) is 3.24. The van der Waals surface area contributed by atoms with E-state index in [9.17, 15) is 19.7 Å². The summed E-state index contributed by atoms with van der Waals surface area (Å²) in [6, 6.07) is 4.56. The van der Waals surface area contributed by atoms with Gasteiger partial charge in [-0.3, -0.25) is 24.7 Å². The van der Waals surface area contributed by atoms with Crippen molar-refractivity contribution in [1.82, 2.24) is 5.32 Å². The van der Waals surface area contributed by atoms with E-state index in [4.69, 9.17) is 4.74 Å². The van der Waals surface area contributed by atoms with Crippen molar-refractivity contribution in [3.05, 3.63) is 33.9 Å². The number of amidine groups is 1. The van der Waals surface area contributed by atoms with Gasteiger partial charge in [0.1, 0.15) is 10.9 Å². The lowest BCUT2D eigenvalue weighted by atomic mass is 10.2. The molecular weight excluding hydrogens is 372 g/mol. The molecule has 0 spiro atoms. The second kappa shape index (κ2) is 8.49. The van der Waals surface area contributed by atoms with Crippen molar-refractivity contribution in [2.24, 2.45) is 4.99 Å². The Morgan fingerprint density at radius 2 is 2.33 bits per heavy atom. The topological polar surface area (TPSA) is 123 Å². The average molecular weight is 392 g/mol. The van der Waals surface area contributed by atoms with Crippen LogP contribution < -0.4 is 10.6 Å². The first-order chi connectivity index (χ1) is 12.9. The second-order valence-corrected chi connectivity index (χ2v) is 7.60. The lowest BCUT2D eigenvalue weighted by molar-refractivity contribution is -0.384. The molecule has 2 N–H and O–H groups in total. The van der Waals surface area contributed by atoms with Gasteiger partial charge in [-0.1, -0.05) is 17.8 Å². The van der Waals surface area contributed by atoms with E-state index >= 15 is 0 Å². The van der Waals surface area contributed by atoms with E-state index in [1.807, 2.05) is 0 Å². The smallest absolute Gasteiger partial charge is 0.293 e. The van der Waals surface area contributed by atoms with Crippen LogP contribution in [-0.4, -0.2) is 46.4 Å². The summed E-state index contributed by atoms with van der Waals surface area (Å²) in [6.07, 6.45) is 1.96. The zero-order chi connectivity index (χ0) is 19.4. The maximum atomic E-state index is 12.3. The molecular formula is C17H20N4O5S. The van der Waals surface area contributed by atoms with Gasteiger partial charge < -0.3 is 15.4 Å². The van der Waals surface area contributed by atoms with E-state index in [1.165, 1.54) is 23.9 Å². The third-order valence-electron chi connectivity index (χ3n) is 4.23. The molecule has 1 aromatic rings. The predicted molar refractivity (Wildman–Crippen MR) is 102 cm³/mol. The fourth-order valence-corrected chi connectivity index (χ4v) is 3.83. The molecule has 0 saturated carbocycles. The number of benzene rings is 1. The minimum atomic E-state index is -0.613. The molecule has 2 fully saturated rings. The third kappa shape index (κ3) is 5.04. The normalized spacial score (nSPS) is 23.4. The van der Waals surface area contributed by atoms with Gasteiger partial charge in [-0.25, -0.2) is 0 Å². The first-order valence-electron chi connectivity index (χ1n) is 8.61. The number of carbonyl (C=O) groups is 2. The first-order valence-corrected chi connectivity index (χ1v) is 9.49. The summed E-state index contributed by atoms with van der Waals surface area (Å²) in [5, 5.41) is 16.2. The summed E-state index contributed by atoms with van der Waals surface area (Å²) >= 11 is 1.19. The molecule has 2 heterocycles. The summed E-state index contributed by atoms with van der Waals surface area (Å²) in [5.41, 5.74) is 0.662. The van der Waals surface area contributed by atoms with Crippen molar-refractivity contribution in [3.63, 3.8) is 0 Å². The molecule has 2 amide bonds. The molecule has 10 heteroatoms. The van der Waals surface area contributed by atoms with Gasteiger partial charge in [0.05, 0.1) is 17.6 Å². The number of ether oxygens (including phenoxy) is 1. The van der Waals surface area contributed by atoms with Gasteiger partial charge in [-0.2, -0.15) is 0 Å². The molecule has 1 aromatic carbocycles. The Balaban J connectivity index is 1.57. The van der Waals surface area contributed by atoms with Crippen molar-refractivity contribution >= 4 is 40.1 Å². The third-order valence-corrected chi connectivity index (χ3v) is 5.35. The summed E-state index contributed by atoms with van der Waals surface area (Å²) < 4.78 is 5.49. The molecule has 3 rings (SSSR count). The highest BCUT2D eigenvalue weighted by Crippen LogP contribution is 2.27. The molecule has 2 atom stereocenters. The summed E-state index contributed by atoms with van der Waals surface area (Å²) in [4.78, 5) is 39.3. The molecule has 2 aliphatic rings. The number of amides is 2. The monoisotopic (exact) mass is 392 g/mol. The number of hydrogen-bond donors (Lipinski definition) is 2. The Hall–Kier alpha value is -2.46. The second-order valence-electron chi connectivity index (χ2n) is 6.41. The van der Waals surface area contributed by atoms with Gasteiger partial charge in [0.15, 0.2) is 5.17 Å². The number of thioether (sulfide) groups is 1. The van der Waals surface area contributed by atoms with Crippen molar-refractivity contribution in [1.29, 1.82) is 0 Å². The molecule has 2 saturated heterocycles. The Morgan fingerprint density at radius 3 is 3.04 bits per heavy atom. The molecule has 144 valence electrons. The standard InChI is InChI=1S/C17H20N4O5S/c1-10-4-5-12(13(7-10)21(24)25)19-15(22)8-14-16(23)20-17(27-14)18-9-11-3-2-6-26-11/h4-5,7,11,14H,2-3,6,8-9H2,1H3,(H,19,22)(H,18,20,23)/t11-,14+/m0/s1. The van der Waals surface area contributed by atoms with Crippen LogP contribution in [-0.2, 0) is 14.3 Å². The number of nitrogens with one attached hydrogen (secondary N) is 2. The van der Waals surface area contributed by atoms with Crippen LogP contribution in [0.2, 0.25) is 0 Å². The number of carbonyl (C=O) groups excluding carboxylic acids is 2. The largest absolute Gasteiger partial charge is 0.376 e. The molecule has 0 radical (unpaired) electrons. The van der Waals surface area contributed by atoms with Crippen molar-refractivity contribution in [2.45, 2.75) is 37.5 Å². The number of hydrogen-bond acceptors (Lipinski definition) is 7. The molecule has 0 aliphatic carbocycles. The maximum absolute atomic E-state index is 12.3. The number of anilines is 1. The highest BCUT2D eigenvalue weighted by molar-refractivity contribution is 8.15. The summed E-state index contributed by atoms with van der Waals surface area (Å²) in [5.74, 6) is -0.755. The van der Waals surface area contributed by atoms with E-state index in [2.05, 4.69) is 15.6 Å². The predicted octanol–water partition coefficient (Wildman–Crippen LogP) is 2.00. The maximum Gasteiger partial charge on any atom is 0.293 e. The van der Waals surface area contributed by atoms with Crippen molar-refractivity contribution < 1.29 is 19.2 Å². The fraction of sp³-hybridized carbons (Fsp3) is 0.471. The number of aryl methyl sites for hydroxylation is 1. The van der Waals surface area contributed by atoms with Gasteiger partial charge >= 0.3 is 0 Å². The van der Waals surface area contributed by atoms with E-state index < -0.39 is 16.1 Å². The Morgan fingerprint density at radius 1 is 1.52 bits per heavy atom. The summed E-state index contributed by atoms with van der Waals surface area (Å²) in [6.45, 7) is 2.95. The number of nitro benzene ring substituents is 1. The van der Waals surface area contributed by atoms with Gasteiger partial charge in [0, 0.05) is 19.1 Å². The Kier molecular flexibility index (Phi) is 6.07. The highest BCUT2D eigenvalue weighted by atomic mass is 32.2. The van der Waals surface area contributed by atoms with E-state index in [0.717, 1.165) is 25.0 Å². The fourth-order valence-electron chi connectivity index (χ4n) is 2.86. The zero-order valence-electron chi connectivity index (χ0n) is 14.8. The van der Waals surface area contributed by atoms with Crippen LogP contribution in [0.15, 0.2) is 23.2 Å². The van der Waals surface area contributed by atoms with Crippen molar-refractivity contribution in [2.75, 3.05) is 18.5 Å². The van der Waals surface area contributed by atoms with Crippen LogP contribution in [0.1, 0.15) is 24.8 Å². The van der Waals surface area contributed by atoms with Crippen LogP contribution in [0.3, 0.4) is 0 Å². The molecule has 0 aromatic heterocycles. The number of nitrogens with zero attached hydrogens (tertiary/aromatic N) is 2. The SMILES string of the molecule is Cc1ccc(NC(=O)C[C@H]2SC(=NC[C@@H]3CCCO3)NC2=O)c([N+](=O)[O-])c1. The Bertz CT molecular complexity index is 792. The molecule has 2 aliphatic heterocycles. The number of nitro groups is 1. The van der Waals surface area contributed by atoms with Crippen molar-refractivity contribution in [3.8, 4) is 0 Å².